The van der Waals surface area contributed by atoms with Crippen molar-refractivity contribution in [1.29, 1.82) is 0 Å². The normalized spacial score (nSPS) is 20.3. The Kier molecular flexibility index (Phi) is 6.61. The SMILES string of the molecule is CCN1C(=O)N2Cc3cc(OC)cc(OC)c3C(C)(C)C=C2C12CCN(Cc1cccc(OC)c1)CC2. The van der Waals surface area contributed by atoms with Gasteiger partial charge in [0.2, 0.25) is 0 Å². The van der Waals surface area contributed by atoms with Crippen molar-refractivity contribution in [2.24, 2.45) is 0 Å². The van der Waals surface area contributed by atoms with Crippen molar-refractivity contribution in [1.82, 2.24) is 14.7 Å². The van der Waals surface area contributed by atoms with E-state index in [0.717, 1.165) is 66.5 Å². The first kappa shape index (κ1) is 25.5. The molecule has 3 heterocycles. The van der Waals surface area contributed by atoms with E-state index in [9.17, 15) is 4.79 Å². The third-order valence-corrected chi connectivity index (χ3v) is 8.37. The van der Waals surface area contributed by atoms with E-state index < -0.39 is 0 Å². The Bertz CT molecular complexity index is 1210. The number of rotatable bonds is 6. The van der Waals surface area contributed by atoms with Crippen LogP contribution >= 0.6 is 0 Å². The van der Waals surface area contributed by atoms with Gasteiger partial charge in [0, 0.05) is 48.9 Å². The largest absolute Gasteiger partial charge is 0.497 e. The molecule has 0 bridgehead atoms. The van der Waals surface area contributed by atoms with Gasteiger partial charge < -0.3 is 19.1 Å². The molecule has 5 rings (SSSR count). The second-order valence-corrected chi connectivity index (χ2v) is 10.9. The molecule has 1 spiro atoms. The van der Waals surface area contributed by atoms with Crippen molar-refractivity contribution in [3.63, 3.8) is 0 Å². The fourth-order valence-electron chi connectivity index (χ4n) is 6.62. The highest BCUT2D eigenvalue weighted by molar-refractivity contribution is 5.83. The van der Waals surface area contributed by atoms with Crippen LogP contribution in [-0.4, -0.2) is 67.2 Å². The number of likely N-dealkylation sites (N-methyl/N-ethyl adjacent to an activating group) is 1. The van der Waals surface area contributed by atoms with Crippen LogP contribution < -0.4 is 14.2 Å². The number of hydrogen-bond donors (Lipinski definition) is 0. The zero-order valence-electron chi connectivity index (χ0n) is 23.0. The molecule has 2 aromatic rings. The third-order valence-electron chi connectivity index (χ3n) is 8.37. The first-order valence-corrected chi connectivity index (χ1v) is 13.2. The molecule has 37 heavy (non-hydrogen) atoms. The molecular weight excluding hydrogens is 466 g/mol. The molecule has 2 amide bonds. The van der Waals surface area contributed by atoms with Crippen molar-refractivity contribution in [3.8, 4) is 17.2 Å². The number of amides is 2. The van der Waals surface area contributed by atoms with Crippen molar-refractivity contribution in [2.75, 3.05) is 41.0 Å². The molecule has 0 aliphatic carbocycles. The number of urea groups is 1. The molecule has 0 unspecified atom stereocenters. The first-order chi connectivity index (χ1) is 17.8. The Morgan fingerprint density at radius 2 is 1.68 bits per heavy atom. The minimum absolute atomic E-state index is 0.0976. The molecule has 198 valence electrons. The number of carbonyl (C=O) groups is 1. The highest BCUT2D eigenvalue weighted by Crippen LogP contribution is 2.50. The van der Waals surface area contributed by atoms with Gasteiger partial charge in [-0.3, -0.25) is 9.80 Å². The van der Waals surface area contributed by atoms with E-state index in [4.69, 9.17) is 14.2 Å². The smallest absolute Gasteiger partial charge is 0.325 e. The molecule has 2 aromatic carbocycles. The standard InChI is InChI=1S/C30H39N3O4/c1-7-33-28(34)32-20-22-16-24(36-5)17-25(37-6)27(22)29(2,3)18-26(32)30(33)11-13-31(14-12-30)19-21-9-8-10-23(15-21)35-4/h8-10,15-18H,7,11-14,19-20H2,1-6H3. The van der Waals surface area contributed by atoms with Gasteiger partial charge in [-0.05, 0) is 49.1 Å². The predicted molar refractivity (Wildman–Crippen MR) is 144 cm³/mol. The van der Waals surface area contributed by atoms with E-state index in [-0.39, 0.29) is 17.0 Å². The van der Waals surface area contributed by atoms with E-state index in [0.29, 0.717) is 13.1 Å². The molecule has 7 nitrogen and oxygen atoms in total. The molecule has 0 radical (unpaired) electrons. The van der Waals surface area contributed by atoms with Gasteiger partial charge in [0.1, 0.15) is 17.2 Å². The second-order valence-electron chi connectivity index (χ2n) is 10.9. The average molecular weight is 506 g/mol. The molecular formula is C30H39N3O4. The fraction of sp³-hybridized carbons (Fsp3) is 0.500. The summed E-state index contributed by atoms with van der Waals surface area (Å²) in [6.45, 7) is 10.5. The molecule has 2 fully saturated rings. The Balaban J connectivity index is 1.48. The van der Waals surface area contributed by atoms with Crippen LogP contribution in [0.3, 0.4) is 0 Å². The van der Waals surface area contributed by atoms with Gasteiger partial charge in [-0.2, -0.15) is 0 Å². The quantitative estimate of drug-likeness (QED) is 0.542. The number of hydrogen-bond acceptors (Lipinski definition) is 5. The summed E-state index contributed by atoms with van der Waals surface area (Å²) in [5, 5.41) is 0. The van der Waals surface area contributed by atoms with Gasteiger partial charge in [0.15, 0.2) is 0 Å². The number of benzene rings is 2. The number of piperidine rings is 1. The van der Waals surface area contributed by atoms with E-state index in [1.165, 1.54) is 5.56 Å². The van der Waals surface area contributed by atoms with Gasteiger partial charge in [-0.15, -0.1) is 0 Å². The van der Waals surface area contributed by atoms with Crippen molar-refractivity contribution < 1.29 is 19.0 Å². The summed E-state index contributed by atoms with van der Waals surface area (Å²) >= 11 is 0. The number of carbonyl (C=O) groups excluding carboxylic acids is 1. The number of nitrogens with zero attached hydrogens (tertiary/aromatic N) is 3. The molecule has 0 saturated carbocycles. The Hall–Kier alpha value is -3.19. The molecule has 0 atom stereocenters. The van der Waals surface area contributed by atoms with Gasteiger partial charge in [-0.1, -0.05) is 32.1 Å². The third kappa shape index (κ3) is 4.23. The summed E-state index contributed by atoms with van der Waals surface area (Å²) in [5.74, 6) is 2.44. The number of likely N-dealkylation sites (tertiary alicyclic amines) is 1. The maximum Gasteiger partial charge on any atom is 0.325 e. The van der Waals surface area contributed by atoms with Crippen LogP contribution in [0.2, 0.25) is 0 Å². The summed E-state index contributed by atoms with van der Waals surface area (Å²) in [6, 6.07) is 12.4. The first-order valence-electron chi connectivity index (χ1n) is 13.2. The molecule has 0 N–H and O–H groups in total. The molecule has 3 aliphatic rings. The van der Waals surface area contributed by atoms with Crippen LogP contribution in [0.5, 0.6) is 17.2 Å². The van der Waals surface area contributed by atoms with E-state index in [1.54, 1.807) is 21.3 Å². The summed E-state index contributed by atoms with van der Waals surface area (Å²) < 4.78 is 16.8. The Labute approximate surface area is 220 Å². The highest BCUT2D eigenvalue weighted by atomic mass is 16.5. The van der Waals surface area contributed by atoms with Crippen LogP contribution in [0.4, 0.5) is 4.79 Å². The monoisotopic (exact) mass is 505 g/mol. The maximum absolute atomic E-state index is 13.9. The summed E-state index contributed by atoms with van der Waals surface area (Å²) in [4.78, 5) is 20.5. The lowest BCUT2D eigenvalue weighted by molar-refractivity contribution is 0.0885. The number of fused-ring (bicyclic) bond motifs is 3. The minimum Gasteiger partial charge on any atom is -0.497 e. The Morgan fingerprint density at radius 1 is 0.946 bits per heavy atom. The number of ether oxygens (including phenoxy) is 3. The second kappa shape index (κ2) is 9.60. The average Bonchev–Trinajstić information content (AvgIpc) is 3.01. The summed E-state index contributed by atoms with van der Waals surface area (Å²) in [6.07, 6.45) is 4.15. The zero-order chi connectivity index (χ0) is 26.4. The van der Waals surface area contributed by atoms with E-state index in [2.05, 4.69) is 54.8 Å². The van der Waals surface area contributed by atoms with Gasteiger partial charge in [0.25, 0.3) is 0 Å². The van der Waals surface area contributed by atoms with Crippen LogP contribution in [0, 0.1) is 0 Å². The molecule has 3 aliphatic heterocycles. The van der Waals surface area contributed by atoms with Gasteiger partial charge in [-0.25, -0.2) is 4.79 Å². The van der Waals surface area contributed by atoms with Crippen LogP contribution in [-0.2, 0) is 18.5 Å². The number of methoxy groups -OCH3 is 3. The highest BCUT2D eigenvalue weighted by Gasteiger charge is 2.55. The van der Waals surface area contributed by atoms with Crippen molar-refractivity contribution >= 4 is 6.03 Å². The topological polar surface area (TPSA) is 54.5 Å². The van der Waals surface area contributed by atoms with Gasteiger partial charge in [0.05, 0.1) is 33.4 Å². The van der Waals surface area contributed by atoms with Crippen LogP contribution in [0.1, 0.15) is 50.3 Å². The molecule has 0 aromatic heterocycles. The zero-order valence-corrected chi connectivity index (χ0v) is 23.0. The van der Waals surface area contributed by atoms with Gasteiger partial charge >= 0.3 is 6.03 Å². The lowest BCUT2D eigenvalue weighted by Crippen LogP contribution is -2.53. The van der Waals surface area contributed by atoms with Crippen molar-refractivity contribution in [3.05, 3.63) is 64.9 Å². The lowest BCUT2D eigenvalue weighted by Gasteiger charge is -2.44. The van der Waals surface area contributed by atoms with Crippen molar-refractivity contribution in [2.45, 2.75) is 57.7 Å². The molecule has 7 heteroatoms. The summed E-state index contributed by atoms with van der Waals surface area (Å²) in [5.41, 5.74) is 3.98. The number of allylic oxidation sites excluding steroid dienone is 1. The predicted octanol–water partition coefficient (Wildman–Crippen LogP) is 5.18. The van der Waals surface area contributed by atoms with E-state index in [1.807, 2.05) is 23.1 Å². The Morgan fingerprint density at radius 3 is 2.32 bits per heavy atom. The molecule has 2 saturated heterocycles. The minimum atomic E-state index is -0.314. The maximum atomic E-state index is 13.9. The summed E-state index contributed by atoms with van der Waals surface area (Å²) in [7, 11) is 5.08. The van der Waals surface area contributed by atoms with Crippen LogP contribution in [0.25, 0.3) is 0 Å². The fourth-order valence-corrected chi connectivity index (χ4v) is 6.62. The lowest BCUT2D eigenvalue weighted by atomic mass is 9.77. The van der Waals surface area contributed by atoms with E-state index >= 15 is 0 Å². The van der Waals surface area contributed by atoms with Crippen LogP contribution in [0.15, 0.2) is 48.2 Å².